The molecule has 0 aromatic carbocycles. The number of imidazole rings is 1. The van der Waals surface area contributed by atoms with E-state index in [0.29, 0.717) is 0 Å². The van der Waals surface area contributed by atoms with Crippen molar-refractivity contribution in [3.05, 3.63) is 47.8 Å². The van der Waals surface area contributed by atoms with Gasteiger partial charge in [0.25, 0.3) is 0 Å². The maximum absolute atomic E-state index is 4.38. The van der Waals surface area contributed by atoms with Crippen molar-refractivity contribution in [3.63, 3.8) is 0 Å². The van der Waals surface area contributed by atoms with Crippen molar-refractivity contribution < 1.29 is 0 Å². The van der Waals surface area contributed by atoms with Gasteiger partial charge < -0.3 is 9.88 Å². The molecule has 5 nitrogen and oxygen atoms in total. The lowest BCUT2D eigenvalue weighted by molar-refractivity contribution is 0.106. The van der Waals surface area contributed by atoms with Crippen molar-refractivity contribution in [1.82, 2.24) is 24.8 Å². The smallest absolute Gasteiger partial charge is 0.103 e. The minimum absolute atomic E-state index is 0.795. The zero-order chi connectivity index (χ0) is 18.5. The summed E-state index contributed by atoms with van der Waals surface area (Å²) in [5.41, 5.74) is 2.50. The van der Waals surface area contributed by atoms with Gasteiger partial charge in [0.15, 0.2) is 0 Å². The molecule has 0 spiro atoms. The highest BCUT2D eigenvalue weighted by atomic mass is 15.2. The molecule has 27 heavy (non-hydrogen) atoms. The molecule has 0 radical (unpaired) electrons. The Morgan fingerprint density at radius 2 is 1.93 bits per heavy atom. The molecule has 0 bridgehead atoms. The topological polar surface area (TPSA) is 48.1 Å². The van der Waals surface area contributed by atoms with Crippen molar-refractivity contribution in [2.24, 2.45) is 5.92 Å². The van der Waals surface area contributed by atoms with Crippen LogP contribution in [0.15, 0.2) is 30.7 Å². The maximum atomic E-state index is 4.38. The first-order chi connectivity index (χ1) is 13.3. The number of hydrogen-bond acceptors (Lipinski definition) is 4. The van der Waals surface area contributed by atoms with E-state index >= 15 is 0 Å². The zero-order valence-corrected chi connectivity index (χ0v) is 16.6. The molecule has 4 rings (SSSR count). The van der Waals surface area contributed by atoms with E-state index in [4.69, 9.17) is 0 Å². The Hall–Kier alpha value is -1.72. The van der Waals surface area contributed by atoms with Crippen molar-refractivity contribution in [1.29, 1.82) is 0 Å². The molecule has 1 N–H and O–H groups in total. The number of H-pyrrole nitrogens is 1. The fourth-order valence-electron chi connectivity index (χ4n) is 4.86. The number of aromatic amines is 1. The first-order valence-electron chi connectivity index (χ1n) is 10.6. The van der Waals surface area contributed by atoms with E-state index in [-0.39, 0.29) is 0 Å². The molecule has 1 aliphatic heterocycles. The maximum Gasteiger partial charge on any atom is 0.103 e. The average Bonchev–Trinajstić information content (AvgIpc) is 3.35. The third-order valence-corrected chi connectivity index (χ3v) is 6.29. The molecule has 2 aromatic heterocycles. The molecule has 2 fully saturated rings. The van der Waals surface area contributed by atoms with Gasteiger partial charge in [-0.2, -0.15) is 0 Å². The van der Waals surface area contributed by atoms with E-state index in [1.165, 1.54) is 62.9 Å². The summed E-state index contributed by atoms with van der Waals surface area (Å²) in [5.74, 6) is 1.79. The number of aryl methyl sites for hydroxylation is 1. The highest BCUT2D eigenvalue weighted by Gasteiger charge is 2.28. The van der Waals surface area contributed by atoms with E-state index < -0.39 is 0 Å². The van der Waals surface area contributed by atoms with E-state index in [2.05, 4.69) is 30.8 Å². The summed E-state index contributed by atoms with van der Waals surface area (Å²) in [6.07, 6.45) is 14.2. The van der Waals surface area contributed by atoms with Crippen LogP contribution >= 0.6 is 0 Å². The van der Waals surface area contributed by atoms with Gasteiger partial charge in [-0.05, 0) is 63.2 Å². The molecular formula is C22H33N5. The molecule has 1 aliphatic carbocycles. The summed E-state index contributed by atoms with van der Waals surface area (Å²) >= 11 is 0. The quantitative estimate of drug-likeness (QED) is 0.809. The van der Waals surface area contributed by atoms with Gasteiger partial charge in [0, 0.05) is 50.0 Å². The Balaban J connectivity index is 1.35. The number of nitrogens with one attached hydrogen (secondary N) is 1. The molecule has 0 amide bonds. The van der Waals surface area contributed by atoms with Crippen molar-refractivity contribution in [3.8, 4) is 0 Å². The molecule has 1 saturated heterocycles. The van der Waals surface area contributed by atoms with Gasteiger partial charge in [-0.25, -0.2) is 4.98 Å². The van der Waals surface area contributed by atoms with Crippen molar-refractivity contribution >= 4 is 0 Å². The number of likely N-dealkylation sites (tertiary alicyclic amines) is 1. The summed E-state index contributed by atoms with van der Waals surface area (Å²) in [4.78, 5) is 17.4. The second-order valence-electron chi connectivity index (χ2n) is 8.44. The lowest BCUT2D eigenvalue weighted by Gasteiger charge is -2.37. The fourth-order valence-corrected chi connectivity index (χ4v) is 4.86. The lowest BCUT2D eigenvalue weighted by Crippen LogP contribution is -2.42. The number of piperidine rings is 1. The number of hydrogen-bond donors (Lipinski definition) is 1. The van der Waals surface area contributed by atoms with Crippen LogP contribution in [0.1, 0.15) is 55.6 Å². The van der Waals surface area contributed by atoms with Crippen LogP contribution in [0.5, 0.6) is 0 Å². The molecule has 146 valence electrons. The van der Waals surface area contributed by atoms with Gasteiger partial charge >= 0.3 is 0 Å². The molecule has 2 aromatic rings. The van der Waals surface area contributed by atoms with Crippen LogP contribution in [0.2, 0.25) is 0 Å². The summed E-state index contributed by atoms with van der Waals surface area (Å²) < 4.78 is 0. The van der Waals surface area contributed by atoms with E-state index in [1.807, 2.05) is 31.6 Å². The summed E-state index contributed by atoms with van der Waals surface area (Å²) in [6, 6.07) is 5.10. The molecule has 0 unspecified atom stereocenters. The minimum atomic E-state index is 0.795. The monoisotopic (exact) mass is 367 g/mol. The van der Waals surface area contributed by atoms with E-state index in [9.17, 15) is 0 Å². The van der Waals surface area contributed by atoms with Gasteiger partial charge in [0.1, 0.15) is 5.82 Å². The van der Waals surface area contributed by atoms with Crippen LogP contribution in [0.3, 0.4) is 0 Å². The Morgan fingerprint density at radius 1 is 1.11 bits per heavy atom. The third-order valence-electron chi connectivity index (χ3n) is 6.29. The Labute approximate surface area is 163 Å². The van der Waals surface area contributed by atoms with E-state index in [0.717, 1.165) is 37.4 Å². The van der Waals surface area contributed by atoms with Gasteiger partial charge in [0.05, 0.1) is 0 Å². The second-order valence-corrected chi connectivity index (χ2v) is 8.44. The number of rotatable bonds is 7. The number of nitrogens with zero attached hydrogens (tertiary/aromatic N) is 4. The minimum Gasteiger partial charge on any atom is -0.345 e. The summed E-state index contributed by atoms with van der Waals surface area (Å²) in [6.45, 7) is 7.64. The molecule has 1 saturated carbocycles. The largest absolute Gasteiger partial charge is 0.345 e. The normalized spacial score (nSPS) is 19.9. The molecule has 5 heteroatoms. The lowest BCUT2D eigenvalue weighted by atomic mass is 9.94. The Kier molecular flexibility index (Phi) is 6.20. The molecule has 2 aliphatic rings. The standard InChI is InChI=1S/C22H33N5/c1-18-24-14-21(25-18)17-26(16-20-5-4-10-23-13-20)15-19-8-11-27(12-9-19)22-6-2-3-7-22/h4-5,10,13-14,19,22H,2-3,6-9,11-12,15-17H2,1H3,(H,24,25). The van der Waals surface area contributed by atoms with Gasteiger partial charge in [-0.15, -0.1) is 0 Å². The van der Waals surface area contributed by atoms with Crippen molar-refractivity contribution in [2.45, 2.75) is 64.6 Å². The zero-order valence-electron chi connectivity index (χ0n) is 16.6. The van der Waals surface area contributed by atoms with Gasteiger partial charge in [0.2, 0.25) is 0 Å². The molecular weight excluding hydrogens is 334 g/mol. The van der Waals surface area contributed by atoms with Gasteiger partial charge in [-0.3, -0.25) is 9.88 Å². The number of aromatic nitrogens is 3. The van der Waals surface area contributed by atoms with Gasteiger partial charge in [-0.1, -0.05) is 18.9 Å². The Bertz CT molecular complexity index is 684. The first kappa shape index (κ1) is 18.6. The first-order valence-corrected chi connectivity index (χ1v) is 10.6. The summed E-state index contributed by atoms with van der Waals surface area (Å²) in [5, 5.41) is 0. The van der Waals surface area contributed by atoms with E-state index in [1.54, 1.807) is 0 Å². The Morgan fingerprint density at radius 3 is 2.59 bits per heavy atom. The van der Waals surface area contributed by atoms with Crippen LogP contribution in [-0.2, 0) is 13.1 Å². The SMILES string of the molecule is Cc1ncc(CN(Cc2cccnc2)CC2CCN(C3CCCC3)CC2)[nH]1. The predicted octanol–water partition coefficient (Wildman–Crippen LogP) is 3.77. The highest BCUT2D eigenvalue weighted by Crippen LogP contribution is 2.28. The summed E-state index contributed by atoms with van der Waals surface area (Å²) in [7, 11) is 0. The highest BCUT2D eigenvalue weighted by molar-refractivity contribution is 5.09. The third kappa shape index (κ3) is 5.17. The number of pyridine rings is 1. The van der Waals surface area contributed by atoms with Crippen LogP contribution in [0.4, 0.5) is 0 Å². The molecule has 3 heterocycles. The van der Waals surface area contributed by atoms with Crippen LogP contribution < -0.4 is 0 Å². The van der Waals surface area contributed by atoms with Crippen LogP contribution in [0.25, 0.3) is 0 Å². The molecule has 0 atom stereocenters. The van der Waals surface area contributed by atoms with Crippen molar-refractivity contribution in [2.75, 3.05) is 19.6 Å². The van der Waals surface area contributed by atoms with Crippen LogP contribution in [-0.4, -0.2) is 50.4 Å². The van der Waals surface area contributed by atoms with Crippen LogP contribution in [0, 0.1) is 12.8 Å². The second kappa shape index (κ2) is 8.98. The predicted molar refractivity (Wildman–Crippen MR) is 108 cm³/mol. The average molecular weight is 368 g/mol. The fraction of sp³-hybridized carbons (Fsp3) is 0.636.